The number of aromatic nitrogens is 2. The van der Waals surface area contributed by atoms with E-state index in [1.807, 2.05) is 31.2 Å². The minimum atomic E-state index is -4.48. The molecule has 2 aromatic carbocycles. The fourth-order valence-electron chi connectivity index (χ4n) is 2.57. The fraction of sp³-hybridized carbons (Fsp3) is 0.278. The molecule has 0 aliphatic rings. The van der Waals surface area contributed by atoms with Crippen LogP contribution in [0.4, 0.5) is 13.2 Å². The van der Waals surface area contributed by atoms with Gasteiger partial charge in [0.1, 0.15) is 5.75 Å². The predicted molar refractivity (Wildman–Crippen MR) is 86.0 cm³/mol. The van der Waals surface area contributed by atoms with Crippen LogP contribution >= 0.6 is 0 Å². The van der Waals surface area contributed by atoms with Crippen LogP contribution in [0.15, 0.2) is 48.5 Å². The van der Waals surface area contributed by atoms with Crippen LogP contribution in [0.2, 0.25) is 0 Å². The molecule has 6 heteroatoms. The summed E-state index contributed by atoms with van der Waals surface area (Å²) in [6.07, 6.45) is -4.02. The molecule has 0 aliphatic heterocycles. The monoisotopic (exact) mass is 334 g/mol. The highest BCUT2D eigenvalue weighted by Gasteiger charge is 2.37. The topological polar surface area (TPSA) is 27.1 Å². The molecule has 0 bridgehead atoms. The third kappa shape index (κ3) is 3.53. The average molecular weight is 334 g/mol. The van der Waals surface area contributed by atoms with Crippen molar-refractivity contribution in [3.8, 4) is 5.75 Å². The minimum absolute atomic E-state index is 0.196. The maximum atomic E-state index is 13.2. The lowest BCUT2D eigenvalue weighted by atomic mass is 10.2. The Morgan fingerprint density at radius 3 is 2.46 bits per heavy atom. The number of fused-ring (bicyclic) bond motifs is 1. The molecule has 0 atom stereocenters. The van der Waals surface area contributed by atoms with Crippen LogP contribution in [0, 0.1) is 6.92 Å². The number of rotatable bonds is 5. The Hall–Kier alpha value is -2.50. The molecular formula is C18H17F3N2O. The zero-order valence-electron chi connectivity index (χ0n) is 13.2. The van der Waals surface area contributed by atoms with E-state index in [0.717, 1.165) is 5.56 Å². The molecule has 0 unspecified atom stereocenters. The maximum absolute atomic E-state index is 13.2. The summed E-state index contributed by atoms with van der Waals surface area (Å²) in [5, 5.41) is 0. The molecule has 3 rings (SSSR count). The third-order valence-corrected chi connectivity index (χ3v) is 3.72. The summed E-state index contributed by atoms with van der Waals surface area (Å²) in [6, 6.07) is 14.2. The van der Waals surface area contributed by atoms with Gasteiger partial charge in [-0.3, -0.25) is 0 Å². The second-order valence-corrected chi connectivity index (χ2v) is 5.59. The van der Waals surface area contributed by atoms with Crippen LogP contribution in [0.5, 0.6) is 5.75 Å². The van der Waals surface area contributed by atoms with Gasteiger partial charge in [-0.1, -0.05) is 29.8 Å². The number of alkyl halides is 3. The molecule has 3 aromatic rings. The van der Waals surface area contributed by atoms with Crippen molar-refractivity contribution in [1.82, 2.24) is 9.55 Å². The van der Waals surface area contributed by atoms with Gasteiger partial charge in [0.05, 0.1) is 17.6 Å². The van der Waals surface area contributed by atoms with Crippen LogP contribution in [0.1, 0.15) is 17.8 Å². The number of nitrogens with zero attached hydrogens (tertiary/aromatic N) is 2. The second-order valence-electron chi connectivity index (χ2n) is 5.59. The zero-order valence-corrected chi connectivity index (χ0v) is 13.2. The normalized spacial score (nSPS) is 11.8. The largest absolute Gasteiger partial charge is 0.494 e. The summed E-state index contributed by atoms with van der Waals surface area (Å²) >= 11 is 0. The van der Waals surface area contributed by atoms with Gasteiger partial charge in [0.2, 0.25) is 5.82 Å². The first-order chi connectivity index (χ1) is 11.4. The van der Waals surface area contributed by atoms with Gasteiger partial charge in [0.15, 0.2) is 0 Å². The van der Waals surface area contributed by atoms with E-state index in [4.69, 9.17) is 4.74 Å². The van der Waals surface area contributed by atoms with Crippen molar-refractivity contribution >= 4 is 11.0 Å². The summed E-state index contributed by atoms with van der Waals surface area (Å²) in [7, 11) is 0. The van der Waals surface area contributed by atoms with Gasteiger partial charge >= 0.3 is 6.18 Å². The maximum Gasteiger partial charge on any atom is 0.449 e. The summed E-state index contributed by atoms with van der Waals surface area (Å²) in [4.78, 5) is 3.73. The van der Waals surface area contributed by atoms with Crippen LogP contribution in [0.3, 0.4) is 0 Å². The van der Waals surface area contributed by atoms with Crippen molar-refractivity contribution in [3.05, 3.63) is 59.9 Å². The molecule has 0 N–H and O–H groups in total. The molecule has 0 amide bonds. The first kappa shape index (κ1) is 16.4. The summed E-state index contributed by atoms with van der Waals surface area (Å²) in [5.74, 6) is -0.147. The summed E-state index contributed by atoms with van der Waals surface area (Å²) in [5.41, 5.74) is 1.96. The van der Waals surface area contributed by atoms with E-state index in [-0.39, 0.29) is 6.54 Å². The van der Waals surface area contributed by atoms with Crippen molar-refractivity contribution in [2.45, 2.75) is 26.1 Å². The molecule has 0 fully saturated rings. The molecule has 0 saturated heterocycles. The smallest absolute Gasteiger partial charge is 0.449 e. The third-order valence-electron chi connectivity index (χ3n) is 3.72. The van der Waals surface area contributed by atoms with Crippen LogP contribution in [-0.4, -0.2) is 16.2 Å². The number of hydrogen-bond donors (Lipinski definition) is 0. The van der Waals surface area contributed by atoms with Crippen LogP contribution in [-0.2, 0) is 12.7 Å². The van der Waals surface area contributed by atoms with E-state index in [0.29, 0.717) is 29.8 Å². The first-order valence-electron chi connectivity index (χ1n) is 7.67. The first-order valence-corrected chi connectivity index (χ1v) is 7.67. The Bertz CT molecular complexity index is 822. The van der Waals surface area contributed by atoms with Gasteiger partial charge < -0.3 is 9.30 Å². The number of para-hydroxylation sites is 2. The summed E-state index contributed by atoms with van der Waals surface area (Å²) < 4.78 is 46.3. The Balaban J connectivity index is 1.71. The number of hydrogen-bond acceptors (Lipinski definition) is 2. The Labute approximate surface area is 137 Å². The molecule has 0 saturated carbocycles. The molecule has 126 valence electrons. The van der Waals surface area contributed by atoms with Gasteiger partial charge in [-0.15, -0.1) is 0 Å². The molecule has 0 radical (unpaired) electrons. The average Bonchev–Trinajstić information content (AvgIpc) is 2.92. The highest BCUT2D eigenvalue weighted by atomic mass is 19.4. The van der Waals surface area contributed by atoms with Crippen molar-refractivity contribution in [3.63, 3.8) is 0 Å². The molecular weight excluding hydrogens is 317 g/mol. The minimum Gasteiger partial charge on any atom is -0.494 e. The van der Waals surface area contributed by atoms with E-state index in [9.17, 15) is 13.2 Å². The SMILES string of the molecule is Cc1ccc(OCCCn2c(C(F)(F)F)nc3ccccc32)cc1. The second kappa shape index (κ2) is 6.55. The van der Waals surface area contributed by atoms with Crippen LogP contribution < -0.4 is 4.74 Å². The van der Waals surface area contributed by atoms with E-state index in [1.165, 1.54) is 4.57 Å². The van der Waals surface area contributed by atoms with Crippen molar-refractivity contribution in [2.24, 2.45) is 0 Å². The van der Waals surface area contributed by atoms with E-state index >= 15 is 0 Å². The number of aryl methyl sites for hydroxylation is 2. The molecule has 0 spiro atoms. The molecule has 24 heavy (non-hydrogen) atoms. The molecule has 1 aromatic heterocycles. The molecule has 1 heterocycles. The predicted octanol–water partition coefficient (Wildman–Crippen LogP) is 4.83. The van der Waals surface area contributed by atoms with Crippen molar-refractivity contribution in [2.75, 3.05) is 6.61 Å². The number of imidazole rings is 1. The van der Waals surface area contributed by atoms with Crippen LogP contribution in [0.25, 0.3) is 11.0 Å². The van der Waals surface area contributed by atoms with Crippen molar-refractivity contribution in [1.29, 1.82) is 0 Å². The Morgan fingerprint density at radius 1 is 1.04 bits per heavy atom. The summed E-state index contributed by atoms with van der Waals surface area (Å²) in [6.45, 7) is 2.51. The van der Waals surface area contributed by atoms with Gasteiger partial charge in [0, 0.05) is 6.54 Å². The lowest BCUT2D eigenvalue weighted by Crippen LogP contribution is -2.16. The highest BCUT2D eigenvalue weighted by Crippen LogP contribution is 2.31. The van der Waals surface area contributed by atoms with Gasteiger partial charge in [0.25, 0.3) is 0 Å². The van der Waals surface area contributed by atoms with Gasteiger partial charge in [-0.05, 0) is 37.6 Å². The number of benzene rings is 2. The van der Waals surface area contributed by atoms with E-state index in [2.05, 4.69) is 4.98 Å². The lowest BCUT2D eigenvalue weighted by molar-refractivity contribution is -0.147. The zero-order chi connectivity index (χ0) is 17.2. The standard InChI is InChI=1S/C18H17F3N2O/c1-13-7-9-14(10-8-13)24-12-4-11-23-16-6-3-2-5-15(16)22-17(23)18(19,20)21/h2-3,5-10H,4,11-12H2,1H3. The van der Waals surface area contributed by atoms with E-state index < -0.39 is 12.0 Å². The Kier molecular flexibility index (Phi) is 4.46. The van der Waals surface area contributed by atoms with Crippen molar-refractivity contribution < 1.29 is 17.9 Å². The molecule has 0 aliphatic carbocycles. The number of ether oxygens (including phenoxy) is 1. The van der Waals surface area contributed by atoms with Gasteiger partial charge in [-0.2, -0.15) is 13.2 Å². The highest BCUT2D eigenvalue weighted by molar-refractivity contribution is 5.76. The fourth-order valence-corrected chi connectivity index (χ4v) is 2.57. The van der Waals surface area contributed by atoms with E-state index in [1.54, 1.807) is 24.3 Å². The lowest BCUT2D eigenvalue weighted by Gasteiger charge is -2.12. The van der Waals surface area contributed by atoms with Gasteiger partial charge in [-0.25, -0.2) is 4.98 Å². The molecule has 3 nitrogen and oxygen atoms in total. The Morgan fingerprint density at radius 2 is 1.75 bits per heavy atom. The quantitative estimate of drug-likeness (QED) is 0.625. The number of halogens is 3.